The summed E-state index contributed by atoms with van der Waals surface area (Å²) in [7, 11) is 1.82. The third-order valence-corrected chi connectivity index (χ3v) is 5.09. The molecular formula is C16H21N3OS2. The molecule has 0 aliphatic carbocycles. The molecule has 118 valence electrons. The van der Waals surface area contributed by atoms with Crippen molar-refractivity contribution in [2.24, 2.45) is 0 Å². The predicted molar refractivity (Wildman–Crippen MR) is 93.6 cm³/mol. The maximum atomic E-state index is 12.1. The minimum Gasteiger partial charge on any atom is -0.338 e. The van der Waals surface area contributed by atoms with E-state index in [0.29, 0.717) is 13.1 Å². The average Bonchev–Trinajstić information content (AvgIpc) is 2.92. The number of nitrogens with zero attached hydrogens (tertiary/aromatic N) is 2. The van der Waals surface area contributed by atoms with E-state index >= 15 is 0 Å². The van der Waals surface area contributed by atoms with Gasteiger partial charge in [-0.2, -0.15) is 0 Å². The van der Waals surface area contributed by atoms with Gasteiger partial charge in [0.25, 0.3) is 0 Å². The van der Waals surface area contributed by atoms with E-state index in [1.807, 2.05) is 31.6 Å². The Morgan fingerprint density at radius 1 is 1.45 bits per heavy atom. The van der Waals surface area contributed by atoms with Gasteiger partial charge in [-0.1, -0.05) is 12.1 Å². The molecule has 0 atom stereocenters. The van der Waals surface area contributed by atoms with Crippen LogP contribution in [0.3, 0.4) is 0 Å². The van der Waals surface area contributed by atoms with E-state index < -0.39 is 0 Å². The first kappa shape index (κ1) is 16.8. The molecule has 0 aliphatic heterocycles. The third kappa shape index (κ3) is 4.74. The summed E-state index contributed by atoms with van der Waals surface area (Å²) in [6.07, 6.45) is 2.88. The molecule has 0 aliphatic rings. The van der Waals surface area contributed by atoms with Crippen molar-refractivity contribution in [2.45, 2.75) is 24.8 Å². The Hall–Kier alpha value is -1.53. The zero-order valence-electron chi connectivity index (χ0n) is 13.1. The van der Waals surface area contributed by atoms with Gasteiger partial charge in [0.1, 0.15) is 0 Å². The van der Waals surface area contributed by atoms with Crippen LogP contribution in [0.15, 0.2) is 34.7 Å². The Bertz CT molecular complexity index is 627. The quantitative estimate of drug-likeness (QED) is 0.821. The molecule has 2 rings (SSSR count). The molecule has 22 heavy (non-hydrogen) atoms. The molecule has 1 N–H and O–H groups in total. The van der Waals surface area contributed by atoms with Crippen molar-refractivity contribution in [1.29, 1.82) is 0 Å². The molecule has 0 radical (unpaired) electrons. The average molecular weight is 335 g/mol. The number of carbonyl (C=O) groups is 1. The van der Waals surface area contributed by atoms with Gasteiger partial charge in [0.05, 0.1) is 11.2 Å². The Kier molecular flexibility index (Phi) is 6.27. The van der Waals surface area contributed by atoms with Gasteiger partial charge in [-0.05, 0) is 30.9 Å². The Balaban J connectivity index is 1.80. The lowest BCUT2D eigenvalue weighted by Gasteiger charge is -2.18. The van der Waals surface area contributed by atoms with E-state index in [1.54, 1.807) is 28.0 Å². The molecule has 0 unspecified atom stereocenters. The van der Waals surface area contributed by atoms with Crippen molar-refractivity contribution < 1.29 is 4.79 Å². The second-order valence-electron chi connectivity index (χ2n) is 5.05. The molecule has 1 aromatic carbocycles. The first-order chi connectivity index (χ1) is 10.6. The Morgan fingerprint density at radius 2 is 2.27 bits per heavy atom. The number of thiazole rings is 1. The van der Waals surface area contributed by atoms with Crippen LogP contribution >= 0.6 is 23.1 Å². The van der Waals surface area contributed by atoms with Crippen LogP contribution in [0.5, 0.6) is 0 Å². The topological polar surface area (TPSA) is 45.2 Å². The number of thioether (sulfide) groups is 1. The van der Waals surface area contributed by atoms with Gasteiger partial charge in [-0.15, -0.1) is 23.1 Å². The van der Waals surface area contributed by atoms with Gasteiger partial charge in [0.15, 0.2) is 0 Å². The van der Waals surface area contributed by atoms with Gasteiger partial charge in [-0.25, -0.2) is 9.78 Å². The molecular weight excluding hydrogens is 314 g/mol. The van der Waals surface area contributed by atoms with Crippen LogP contribution in [0.25, 0.3) is 0 Å². The number of aromatic nitrogens is 1. The first-order valence-electron chi connectivity index (χ1n) is 7.11. The number of carbonyl (C=O) groups excluding carboxylic acids is 1. The smallest absolute Gasteiger partial charge is 0.317 e. The number of benzene rings is 1. The minimum absolute atomic E-state index is 0.0447. The molecule has 0 spiro atoms. The van der Waals surface area contributed by atoms with E-state index in [4.69, 9.17) is 0 Å². The van der Waals surface area contributed by atoms with Crippen molar-refractivity contribution in [2.75, 3.05) is 19.8 Å². The number of rotatable bonds is 6. The summed E-state index contributed by atoms with van der Waals surface area (Å²) in [5.41, 5.74) is 4.04. The predicted octanol–water partition coefficient (Wildman–Crippen LogP) is 3.56. The fraction of sp³-hybridized carbons (Fsp3) is 0.375. The highest BCUT2D eigenvalue weighted by molar-refractivity contribution is 7.98. The number of urea groups is 1. The largest absolute Gasteiger partial charge is 0.338 e. The van der Waals surface area contributed by atoms with Crippen LogP contribution in [0.1, 0.15) is 16.1 Å². The van der Waals surface area contributed by atoms with Gasteiger partial charge >= 0.3 is 6.03 Å². The normalized spacial score (nSPS) is 10.5. The lowest BCUT2D eigenvalue weighted by molar-refractivity contribution is 0.207. The van der Waals surface area contributed by atoms with Crippen LogP contribution in [0.4, 0.5) is 4.79 Å². The highest BCUT2D eigenvalue weighted by Crippen LogP contribution is 2.16. The second kappa shape index (κ2) is 8.19. The molecule has 0 bridgehead atoms. The summed E-state index contributed by atoms with van der Waals surface area (Å²) in [5, 5.41) is 2.96. The van der Waals surface area contributed by atoms with E-state index in [9.17, 15) is 4.79 Å². The summed E-state index contributed by atoms with van der Waals surface area (Å²) in [5.74, 6) is 0. The summed E-state index contributed by atoms with van der Waals surface area (Å²) in [6.45, 7) is 3.25. The molecule has 1 aromatic heterocycles. The first-order valence-corrected chi connectivity index (χ1v) is 9.21. The molecule has 2 aromatic rings. The zero-order valence-corrected chi connectivity index (χ0v) is 14.8. The highest BCUT2D eigenvalue weighted by atomic mass is 32.2. The Morgan fingerprint density at radius 3 is 2.95 bits per heavy atom. The van der Waals surface area contributed by atoms with Crippen molar-refractivity contribution in [1.82, 2.24) is 15.2 Å². The Labute approximate surface area is 139 Å². The van der Waals surface area contributed by atoms with Crippen molar-refractivity contribution >= 4 is 29.1 Å². The van der Waals surface area contributed by atoms with Crippen molar-refractivity contribution in [3.63, 3.8) is 0 Å². The van der Waals surface area contributed by atoms with Crippen LogP contribution in [-0.2, 0) is 13.0 Å². The van der Waals surface area contributed by atoms with Crippen LogP contribution in [0, 0.1) is 6.92 Å². The van der Waals surface area contributed by atoms with Gasteiger partial charge in [-0.3, -0.25) is 0 Å². The summed E-state index contributed by atoms with van der Waals surface area (Å²) < 4.78 is 0. The maximum absolute atomic E-state index is 12.1. The number of hydrogen-bond acceptors (Lipinski definition) is 4. The number of aryl methyl sites for hydroxylation is 1. The number of amides is 2. The van der Waals surface area contributed by atoms with Crippen molar-refractivity contribution in [3.8, 4) is 0 Å². The lowest BCUT2D eigenvalue weighted by atomic mass is 10.2. The van der Waals surface area contributed by atoms with Gasteiger partial charge < -0.3 is 10.2 Å². The second-order valence-corrected chi connectivity index (χ2v) is 6.87. The molecule has 2 amide bonds. The monoisotopic (exact) mass is 335 g/mol. The molecule has 0 saturated carbocycles. The molecule has 6 heteroatoms. The number of hydrogen-bond donors (Lipinski definition) is 1. The van der Waals surface area contributed by atoms with Crippen LogP contribution in [0.2, 0.25) is 0 Å². The standard InChI is InChI=1S/C16H21N3OS2/c1-12-15(22-11-18-12)7-8-17-16(20)19(2)10-13-5-4-6-14(9-13)21-3/h4-6,9,11H,7-8,10H2,1-3H3,(H,17,20). The molecule has 4 nitrogen and oxygen atoms in total. The van der Waals surface area contributed by atoms with Crippen LogP contribution < -0.4 is 5.32 Å². The van der Waals surface area contributed by atoms with Crippen LogP contribution in [-0.4, -0.2) is 35.8 Å². The molecule has 0 fully saturated rings. The van der Waals surface area contributed by atoms with E-state index in [0.717, 1.165) is 17.7 Å². The lowest BCUT2D eigenvalue weighted by Crippen LogP contribution is -2.37. The highest BCUT2D eigenvalue weighted by Gasteiger charge is 2.09. The summed E-state index contributed by atoms with van der Waals surface area (Å²) >= 11 is 3.35. The fourth-order valence-electron chi connectivity index (χ4n) is 2.10. The van der Waals surface area contributed by atoms with Gasteiger partial charge in [0.2, 0.25) is 0 Å². The van der Waals surface area contributed by atoms with E-state index in [2.05, 4.69) is 28.7 Å². The van der Waals surface area contributed by atoms with Crippen molar-refractivity contribution in [3.05, 3.63) is 45.9 Å². The number of nitrogens with one attached hydrogen (secondary N) is 1. The van der Waals surface area contributed by atoms with E-state index in [1.165, 1.54) is 9.77 Å². The molecule has 0 saturated heterocycles. The zero-order chi connectivity index (χ0) is 15.9. The fourth-order valence-corrected chi connectivity index (χ4v) is 3.37. The third-order valence-electron chi connectivity index (χ3n) is 3.37. The SMILES string of the molecule is CSc1cccc(CN(C)C(=O)NCCc2scnc2C)c1. The van der Waals surface area contributed by atoms with Gasteiger partial charge in [0, 0.05) is 36.3 Å². The summed E-state index contributed by atoms with van der Waals surface area (Å²) in [4.78, 5) is 20.5. The minimum atomic E-state index is -0.0447. The van der Waals surface area contributed by atoms with E-state index in [-0.39, 0.29) is 6.03 Å². The molecule has 1 heterocycles. The maximum Gasteiger partial charge on any atom is 0.317 e. The summed E-state index contributed by atoms with van der Waals surface area (Å²) in [6, 6.07) is 8.22.